The van der Waals surface area contributed by atoms with E-state index in [4.69, 9.17) is 29.3 Å². The number of carbonyl (C=O) groups is 1. The van der Waals surface area contributed by atoms with E-state index in [-0.39, 0.29) is 30.7 Å². The maximum Gasteiger partial charge on any atom is 0.305 e. The SMILES string of the molecule is COc1ncc(-c2nc(N3CCOCC3)nc3c(CN4CCC(OCCC(=O)O)CC4)cc(F)cc23)cc1NS(C)(=O)=O. The van der Waals surface area contributed by atoms with E-state index >= 15 is 4.39 Å². The first-order chi connectivity index (χ1) is 20.6. The lowest BCUT2D eigenvalue weighted by Gasteiger charge is -2.32. The molecule has 0 amide bonds. The fourth-order valence-corrected chi connectivity index (χ4v) is 5.85. The Morgan fingerprint density at radius 1 is 1.16 bits per heavy atom. The number of methoxy groups -OCH3 is 1. The van der Waals surface area contributed by atoms with Gasteiger partial charge in [-0.1, -0.05) is 0 Å². The van der Waals surface area contributed by atoms with Gasteiger partial charge < -0.3 is 24.2 Å². The third-order valence-electron chi connectivity index (χ3n) is 7.34. The first-order valence-electron chi connectivity index (χ1n) is 14.0. The van der Waals surface area contributed by atoms with Crippen molar-refractivity contribution in [3.05, 3.63) is 35.8 Å². The summed E-state index contributed by atoms with van der Waals surface area (Å²) in [5.74, 6) is -0.795. The van der Waals surface area contributed by atoms with Crippen LogP contribution in [-0.4, -0.2) is 105 Å². The maximum absolute atomic E-state index is 15.2. The molecule has 0 atom stereocenters. The summed E-state index contributed by atoms with van der Waals surface area (Å²) in [7, 11) is -2.26. The lowest BCUT2D eigenvalue weighted by Crippen LogP contribution is -2.37. The van der Waals surface area contributed by atoms with Gasteiger partial charge in [-0.2, -0.15) is 0 Å². The summed E-state index contributed by atoms with van der Waals surface area (Å²) >= 11 is 0. The highest BCUT2D eigenvalue weighted by Crippen LogP contribution is 2.35. The number of likely N-dealkylation sites (tertiary alicyclic amines) is 1. The van der Waals surface area contributed by atoms with Crippen molar-refractivity contribution in [1.82, 2.24) is 19.9 Å². The third-order valence-corrected chi connectivity index (χ3v) is 7.93. The summed E-state index contributed by atoms with van der Waals surface area (Å²) in [6.07, 6.45) is 3.97. The second-order valence-electron chi connectivity index (χ2n) is 10.6. The molecule has 2 aliphatic rings. The molecule has 0 bridgehead atoms. The number of aromatic nitrogens is 3. The average molecular weight is 619 g/mol. The number of anilines is 2. The van der Waals surface area contributed by atoms with Crippen LogP contribution in [0, 0.1) is 5.82 Å². The highest BCUT2D eigenvalue weighted by molar-refractivity contribution is 7.92. The molecule has 43 heavy (non-hydrogen) atoms. The minimum Gasteiger partial charge on any atom is -0.481 e. The number of ether oxygens (including phenoxy) is 3. The van der Waals surface area contributed by atoms with E-state index in [2.05, 4.69) is 14.6 Å². The van der Waals surface area contributed by atoms with Crippen LogP contribution < -0.4 is 14.4 Å². The topological polar surface area (TPSA) is 156 Å². The zero-order valence-corrected chi connectivity index (χ0v) is 24.9. The molecule has 2 fully saturated rings. The Kier molecular flexibility index (Phi) is 9.54. The lowest BCUT2D eigenvalue weighted by molar-refractivity contribution is -0.138. The van der Waals surface area contributed by atoms with Gasteiger partial charge in [-0.15, -0.1) is 0 Å². The van der Waals surface area contributed by atoms with Crippen LogP contribution in [0.3, 0.4) is 0 Å². The van der Waals surface area contributed by atoms with Gasteiger partial charge in [0.05, 0.1) is 56.9 Å². The molecule has 0 radical (unpaired) electrons. The van der Waals surface area contributed by atoms with Crippen molar-refractivity contribution in [2.24, 2.45) is 0 Å². The first-order valence-corrected chi connectivity index (χ1v) is 15.9. The van der Waals surface area contributed by atoms with Crippen LogP contribution >= 0.6 is 0 Å². The highest BCUT2D eigenvalue weighted by Gasteiger charge is 2.24. The Balaban J connectivity index is 1.52. The minimum absolute atomic E-state index is 0.0148. The number of pyridine rings is 1. The van der Waals surface area contributed by atoms with Crippen molar-refractivity contribution in [3.63, 3.8) is 0 Å². The van der Waals surface area contributed by atoms with E-state index in [1.807, 2.05) is 4.90 Å². The van der Waals surface area contributed by atoms with E-state index in [0.29, 0.717) is 79.6 Å². The van der Waals surface area contributed by atoms with Gasteiger partial charge in [0.25, 0.3) is 0 Å². The Morgan fingerprint density at radius 2 is 1.91 bits per heavy atom. The van der Waals surface area contributed by atoms with E-state index in [1.54, 1.807) is 6.07 Å². The molecule has 2 aliphatic heterocycles. The molecular formula is C28H35FN6O7S. The van der Waals surface area contributed by atoms with Gasteiger partial charge in [-0.05, 0) is 36.6 Å². The predicted octanol–water partition coefficient (Wildman–Crippen LogP) is 2.50. The van der Waals surface area contributed by atoms with Crippen molar-refractivity contribution < 1.29 is 36.9 Å². The number of benzene rings is 1. The van der Waals surface area contributed by atoms with Gasteiger partial charge in [0.2, 0.25) is 21.9 Å². The molecule has 0 aliphatic carbocycles. The van der Waals surface area contributed by atoms with E-state index in [1.165, 1.54) is 25.4 Å². The first kappa shape index (κ1) is 30.8. The van der Waals surface area contributed by atoms with Crippen molar-refractivity contribution in [1.29, 1.82) is 0 Å². The number of sulfonamides is 1. The molecule has 0 unspecified atom stereocenters. The van der Waals surface area contributed by atoms with Crippen molar-refractivity contribution in [2.75, 3.05) is 69.0 Å². The highest BCUT2D eigenvalue weighted by atomic mass is 32.2. The van der Waals surface area contributed by atoms with Crippen LogP contribution in [0.4, 0.5) is 16.0 Å². The number of rotatable bonds is 11. The molecule has 15 heteroatoms. The molecule has 2 saturated heterocycles. The number of hydrogen-bond acceptors (Lipinski definition) is 11. The Morgan fingerprint density at radius 3 is 2.58 bits per heavy atom. The van der Waals surface area contributed by atoms with Crippen LogP contribution in [0.5, 0.6) is 5.88 Å². The van der Waals surface area contributed by atoms with E-state index in [0.717, 1.165) is 19.1 Å². The summed E-state index contributed by atoms with van der Waals surface area (Å²) in [4.78, 5) is 29.0. The summed E-state index contributed by atoms with van der Waals surface area (Å²) in [6.45, 7) is 4.22. The predicted molar refractivity (Wildman–Crippen MR) is 157 cm³/mol. The number of carboxylic acids is 1. The quantitative estimate of drug-likeness (QED) is 0.324. The van der Waals surface area contributed by atoms with E-state index < -0.39 is 21.8 Å². The van der Waals surface area contributed by atoms with Gasteiger partial charge in [0, 0.05) is 49.9 Å². The number of hydrogen-bond donors (Lipinski definition) is 2. The fourth-order valence-electron chi connectivity index (χ4n) is 5.30. The van der Waals surface area contributed by atoms with Crippen molar-refractivity contribution in [2.45, 2.75) is 31.9 Å². The molecule has 4 heterocycles. The number of nitrogens with one attached hydrogen (secondary N) is 1. The number of piperidine rings is 1. The number of halogens is 1. The third kappa shape index (κ3) is 7.84. The summed E-state index contributed by atoms with van der Waals surface area (Å²) in [6, 6.07) is 4.44. The van der Waals surface area contributed by atoms with Gasteiger partial charge in [-0.3, -0.25) is 14.4 Å². The molecule has 2 N–H and O–H groups in total. The van der Waals surface area contributed by atoms with Crippen LogP contribution in [0.25, 0.3) is 22.2 Å². The van der Waals surface area contributed by atoms with Crippen LogP contribution in [0.1, 0.15) is 24.8 Å². The number of carboxylic acid groups (broad SMARTS) is 1. The standard InChI is InChI=1S/C28H35FN6O7S/c1-40-27-23(33-43(2,38)39)14-18(16-30-27)25-22-15-20(29)13-19(26(22)32-28(31-25)35-8-11-41-12-9-35)17-34-6-3-21(4-7-34)42-10-5-24(36)37/h13-16,21,33H,3-12,17H2,1-2H3,(H,36,37). The Bertz CT molecular complexity index is 1580. The molecule has 0 saturated carbocycles. The monoisotopic (exact) mass is 618 g/mol. The molecule has 5 rings (SSSR count). The molecule has 1 aromatic carbocycles. The second kappa shape index (κ2) is 13.3. The minimum atomic E-state index is -3.64. The lowest BCUT2D eigenvalue weighted by atomic mass is 10.0. The van der Waals surface area contributed by atoms with Gasteiger partial charge in [-0.25, -0.2) is 27.8 Å². The van der Waals surface area contributed by atoms with Crippen LogP contribution in [0.15, 0.2) is 24.4 Å². The average Bonchev–Trinajstić information content (AvgIpc) is 2.97. The summed E-state index contributed by atoms with van der Waals surface area (Å²) < 4.78 is 58.2. The zero-order valence-electron chi connectivity index (χ0n) is 24.1. The normalized spacial score (nSPS) is 16.9. The number of aliphatic carboxylic acids is 1. The molecule has 0 spiro atoms. The number of morpholine rings is 1. The van der Waals surface area contributed by atoms with Gasteiger partial charge in [0.1, 0.15) is 11.5 Å². The smallest absolute Gasteiger partial charge is 0.305 e. The number of nitrogens with zero attached hydrogens (tertiary/aromatic N) is 5. The molecule has 232 valence electrons. The van der Waals surface area contributed by atoms with Crippen molar-refractivity contribution >= 4 is 38.5 Å². The zero-order chi connectivity index (χ0) is 30.6. The summed E-state index contributed by atoms with van der Waals surface area (Å²) in [5.41, 5.74) is 2.27. The Labute approximate surface area is 249 Å². The number of fused-ring (bicyclic) bond motifs is 1. The second-order valence-corrected chi connectivity index (χ2v) is 12.3. The summed E-state index contributed by atoms with van der Waals surface area (Å²) in [5, 5.41) is 9.33. The van der Waals surface area contributed by atoms with Crippen LogP contribution in [0.2, 0.25) is 0 Å². The largest absolute Gasteiger partial charge is 0.481 e. The van der Waals surface area contributed by atoms with Gasteiger partial charge >= 0.3 is 5.97 Å². The van der Waals surface area contributed by atoms with E-state index in [9.17, 15) is 13.2 Å². The Hall–Kier alpha value is -3.66. The molecule has 2 aromatic heterocycles. The molecule has 13 nitrogen and oxygen atoms in total. The maximum atomic E-state index is 15.2. The fraction of sp³-hybridized carbons (Fsp3) is 0.500. The molecule has 3 aromatic rings. The van der Waals surface area contributed by atoms with Gasteiger partial charge in [0.15, 0.2) is 0 Å². The molecular weight excluding hydrogens is 583 g/mol. The van der Waals surface area contributed by atoms with Crippen LogP contribution in [-0.2, 0) is 30.8 Å². The van der Waals surface area contributed by atoms with Crippen molar-refractivity contribution in [3.8, 4) is 17.1 Å².